The van der Waals surface area contributed by atoms with E-state index in [9.17, 15) is 36.2 Å². The largest absolute Gasteiger partial charge is 1.00 e. The molecular formula is C35H23Cl2N7Na2O8S2. The van der Waals surface area contributed by atoms with Gasteiger partial charge < -0.3 is 15.9 Å². The van der Waals surface area contributed by atoms with E-state index in [1.807, 2.05) is 12.1 Å². The Balaban J connectivity index is 0.00000348. The molecule has 0 heterocycles. The van der Waals surface area contributed by atoms with Gasteiger partial charge in [0, 0.05) is 10.4 Å². The monoisotopic (exact) mass is 849 g/mol. The summed E-state index contributed by atoms with van der Waals surface area (Å²) in [6.45, 7) is 1.69. The van der Waals surface area contributed by atoms with Crippen molar-refractivity contribution in [1.29, 1.82) is 0 Å². The maximum atomic E-state index is 13.8. The number of nitrogens with zero attached hydrogens (tertiary/aromatic N) is 6. The minimum Gasteiger partial charge on any atom is -0.872 e. The number of aryl methyl sites for hydroxylation is 1. The van der Waals surface area contributed by atoms with Crippen LogP contribution in [0.3, 0.4) is 0 Å². The average Bonchev–Trinajstić information content (AvgIpc) is 3.12. The molecule has 15 nitrogen and oxygen atoms in total. The second-order valence-corrected chi connectivity index (χ2v) is 15.1. The van der Waals surface area contributed by atoms with Crippen molar-refractivity contribution in [2.75, 3.05) is 5.73 Å². The Morgan fingerprint density at radius 3 is 1.62 bits per heavy atom. The number of hydrogen-bond acceptors (Lipinski definition) is 13. The smallest absolute Gasteiger partial charge is 0.872 e. The molecule has 0 atom stereocenters. The van der Waals surface area contributed by atoms with E-state index in [2.05, 4.69) is 30.7 Å². The van der Waals surface area contributed by atoms with Crippen LogP contribution in [-0.4, -0.2) is 25.9 Å². The van der Waals surface area contributed by atoms with E-state index in [-0.39, 0.29) is 91.7 Å². The summed E-state index contributed by atoms with van der Waals surface area (Å²) in [5.41, 5.74) is 7.52. The van der Waals surface area contributed by atoms with Crippen LogP contribution in [0.2, 0.25) is 10.0 Å². The first kappa shape index (κ1) is 44.9. The van der Waals surface area contributed by atoms with Gasteiger partial charge in [-0.3, -0.25) is 9.11 Å². The maximum absolute atomic E-state index is 13.8. The Kier molecular flexibility index (Phi) is 14.6. The molecule has 21 heteroatoms. The van der Waals surface area contributed by atoms with E-state index in [1.165, 1.54) is 24.3 Å². The van der Waals surface area contributed by atoms with Crippen LogP contribution in [0, 0.1) is 6.92 Å². The molecule has 0 fully saturated rings. The molecule has 0 saturated carbocycles. The number of halogens is 2. The molecule has 0 amide bonds. The molecule has 4 N–H and O–H groups in total. The molecule has 274 valence electrons. The molecule has 0 aromatic heterocycles. The van der Waals surface area contributed by atoms with Crippen LogP contribution in [0.5, 0.6) is 11.5 Å². The Morgan fingerprint density at radius 1 is 0.607 bits per heavy atom. The van der Waals surface area contributed by atoms with E-state index in [1.54, 1.807) is 55.5 Å². The van der Waals surface area contributed by atoms with Crippen molar-refractivity contribution in [3.05, 3.63) is 113 Å². The molecule has 6 aromatic carbocycles. The number of nitrogens with two attached hydrogens (primary N) is 1. The van der Waals surface area contributed by atoms with Crippen LogP contribution in [0.4, 0.5) is 39.8 Å². The zero-order chi connectivity index (χ0) is 38.9. The number of benzene rings is 6. The molecule has 6 aromatic rings. The van der Waals surface area contributed by atoms with Crippen molar-refractivity contribution in [3.8, 4) is 22.6 Å². The Labute approximate surface area is 374 Å². The number of fused-ring (bicyclic) bond motifs is 1. The summed E-state index contributed by atoms with van der Waals surface area (Å²) in [5.74, 6) is -1.25. The molecule has 56 heavy (non-hydrogen) atoms. The van der Waals surface area contributed by atoms with E-state index in [4.69, 9.17) is 28.9 Å². The summed E-state index contributed by atoms with van der Waals surface area (Å²) in [7, 11) is -10.2. The van der Waals surface area contributed by atoms with Crippen molar-refractivity contribution in [1.82, 2.24) is 0 Å². The minimum atomic E-state index is -5.15. The summed E-state index contributed by atoms with van der Waals surface area (Å²) in [5, 5.41) is 48.7. The SMILES string of the molecule is Cc1cc(N=Nc2ccc(-c3ccc(N=Nc4c(S(=O)(=O)O)cc5cc(S(=O)(=O)O)c(N=Nc6cc(Cl)ccc6Cl)c(N)c5c4[O-])cc3)cc2)ccc1[O-].[Na+].[Na+]. The van der Waals surface area contributed by atoms with Crippen molar-refractivity contribution in [3.63, 3.8) is 0 Å². The molecule has 0 saturated heterocycles. The van der Waals surface area contributed by atoms with Gasteiger partial charge in [0.2, 0.25) is 0 Å². The quantitative estimate of drug-likeness (QED) is 0.0830. The molecule has 0 unspecified atom stereocenters. The van der Waals surface area contributed by atoms with Crippen LogP contribution in [0.15, 0.2) is 138 Å². The van der Waals surface area contributed by atoms with Gasteiger partial charge in [0.1, 0.15) is 21.2 Å². The Bertz CT molecular complexity index is 2790. The van der Waals surface area contributed by atoms with Crippen LogP contribution >= 0.6 is 23.2 Å². The van der Waals surface area contributed by atoms with Gasteiger partial charge in [0.15, 0.2) is 0 Å². The van der Waals surface area contributed by atoms with Crippen molar-refractivity contribution < 1.29 is 95.3 Å². The molecule has 0 aliphatic heterocycles. The van der Waals surface area contributed by atoms with Gasteiger partial charge in [-0.15, -0.1) is 21.1 Å². The molecule has 0 bridgehead atoms. The van der Waals surface area contributed by atoms with Crippen molar-refractivity contribution >= 4 is 94.0 Å². The van der Waals surface area contributed by atoms with Gasteiger partial charge in [-0.2, -0.15) is 32.2 Å². The van der Waals surface area contributed by atoms with Gasteiger partial charge in [-0.1, -0.05) is 64.8 Å². The summed E-state index contributed by atoms with van der Waals surface area (Å²) in [4.78, 5) is -1.93. The number of azo groups is 3. The number of anilines is 1. The second kappa shape index (κ2) is 18.2. The third kappa shape index (κ3) is 10.2. The Hall–Kier alpha value is -3.82. The first-order valence-corrected chi connectivity index (χ1v) is 18.9. The fourth-order valence-electron chi connectivity index (χ4n) is 5.11. The fraction of sp³-hybridized carbons (Fsp3) is 0.0286. The van der Waals surface area contributed by atoms with Gasteiger partial charge in [0.05, 0.1) is 33.5 Å². The van der Waals surface area contributed by atoms with Crippen molar-refractivity contribution in [2.45, 2.75) is 16.7 Å². The third-order valence-corrected chi connectivity index (χ3v) is 10.1. The summed E-state index contributed by atoms with van der Waals surface area (Å²) in [6.07, 6.45) is 0. The zero-order valence-electron chi connectivity index (χ0n) is 29.4. The number of rotatable bonds is 9. The summed E-state index contributed by atoms with van der Waals surface area (Å²) >= 11 is 12.1. The minimum absolute atomic E-state index is 0. The molecular weight excluding hydrogens is 827 g/mol. The van der Waals surface area contributed by atoms with E-state index >= 15 is 0 Å². The number of hydrogen-bond donors (Lipinski definition) is 3. The second-order valence-electron chi connectivity index (χ2n) is 11.5. The predicted molar refractivity (Wildman–Crippen MR) is 199 cm³/mol. The van der Waals surface area contributed by atoms with E-state index < -0.39 is 58.2 Å². The van der Waals surface area contributed by atoms with Crippen molar-refractivity contribution in [2.24, 2.45) is 30.7 Å². The molecule has 6 rings (SSSR count). The van der Waals surface area contributed by atoms with E-state index in [0.29, 0.717) is 16.9 Å². The average molecular weight is 851 g/mol. The molecule has 0 radical (unpaired) electrons. The normalized spacial score (nSPS) is 12.0. The van der Waals surface area contributed by atoms with Gasteiger partial charge in [-0.25, -0.2) is 0 Å². The predicted octanol–water partition coefficient (Wildman–Crippen LogP) is 3.60. The zero-order valence-corrected chi connectivity index (χ0v) is 36.6. The van der Waals surface area contributed by atoms with Gasteiger partial charge in [0.25, 0.3) is 20.2 Å². The van der Waals surface area contributed by atoms with Crippen LogP contribution in [-0.2, 0) is 20.2 Å². The number of nitrogen functional groups attached to an aromatic ring is 1. The summed E-state index contributed by atoms with van der Waals surface area (Å²) < 4.78 is 69.5. The first-order chi connectivity index (χ1) is 25.5. The van der Waals surface area contributed by atoms with Crippen LogP contribution in [0.25, 0.3) is 21.9 Å². The fourth-order valence-corrected chi connectivity index (χ4v) is 6.76. The van der Waals surface area contributed by atoms with Crippen LogP contribution in [0.1, 0.15) is 5.56 Å². The molecule has 0 spiro atoms. The van der Waals surface area contributed by atoms with E-state index in [0.717, 1.165) is 23.3 Å². The third-order valence-electron chi connectivity index (χ3n) is 7.79. The van der Waals surface area contributed by atoms with Gasteiger partial charge in [-0.05, 0) is 90.2 Å². The molecule has 0 aliphatic rings. The standard InChI is InChI=1S/C35H25Cl2N7O8S2.2Na/c1-18-14-25(11-13-28(18)45)41-39-23-7-2-19(3-8-23)20-4-9-24(10-5-20)40-44-34-30(54(50,51)52)16-21-15-29(53(47,48)49)33(32(38)31(21)35(34)46)43-42-27-17-22(36)6-12-26(27)37;;/h2-17,45-46H,38H2,1H3,(H,47,48,49)(H,50,51,52);;/q;2*+1/p-2. The topological polar surface area (TPSA) is 255 Å². The Morgan fingerprint density at radius 2 is 1.09 bits per heavy atom. The maximum Gasteiger partial charge on any atom is 1.00 e. The van der Waals surface area contributed by atoms with Gasteiger partial charge >= 0.3 is 59.1 Å². The first-order valence-electron chi connectivity index (χ1n) is 15.2. The summed E-state index contributed by atoms with van der Waals surface area (Å²) in [6, 6.07) is 23.9. The van der Waals surface area contributed by atoms with Crippen LogP contribution < -0.4 is 75.1 Å². The molecule has 0 aliphatic carbocycles.